The van der Waals surface area contributed by atoms with Crippen molar-refractivity contribution < 1.29 is 4.79 Å². The average Bonchev–Trinajstić information content (AvgIpc) is 2.89. The molecule has 1 amide bonds. The molecule has 1 unspecified atom stereocenters. The van der Waals surface area contributed by atoms with Crippen LogP contribution in [0.4, 0.5) is 11.5 Å². The van der Waals surface area contributed by atoms with Gasteiger partial charge < -0.3 is 5.32 Å². The van der Waals surface area contributed by atoms with E-state index in [2.05, 4.69) is 15.3 Å². The highest BCUT2D eigenvalue weighted by Crippen LogP contribution is 2.36. The molecular weight excluding hydrogens is 288 g/mol. The van der Waals surface area contributed by atoms with Crippen molar-refractivity contribution in [3.63, 3.8) is 0 Å². The number of carbonyl (C=O) groups is 1. The number of aromatic nitrogens is 2. The average molecular weight is 302 g/mol. The Morgan fingerprint density at radius 1 is 0.957 bits per heavy atom. The zero-order chi connectivity index (χ0) is 15.6. The predicted octanol–water partition coefficient (Wildman–Crippen LogP) is 3.25. The molecule has 0 radical (unpaired) electrons. The van der Waals surface area contributed by atoms with Gasteiger partial charge in [0.25, 0.3) is 5.91 Å². The van der Waals surface area contributed by atoms with Gasteiger partial charge in [-0.1, -0.05) is 24.3 Å². The van der Waals surface area contributed by atoms with E-state index in [0.717, 1.165) is 11.3 Å². The Morgan fingerprint density at radius 3 is 2.61 bits per heavy atom. The third kappa shape index (κ3) is 2.32. The standard InChI is InChI=1S/C18H14N4O/c23-18-15-8-2-1-7-14(15)17(21-13-6-5-10-19-12-13)22(18)16-9-3-4-11-20-16/h1-12,17,21H. The highest BCUT2D eigenvalue weighted by molar-refractivity contribution is 6.10. The molecule has 3 aromatic rings. The van der Waals surface area contributed by atoms with Gasteiger partial charge in [-0.15, -0.1) is 0 Å². The summed E-state index contributed by atoms with van der Waals surface area (Å²) in [6.07, 6.45) is 4.84. The minimum atomic E-state index is -0.308. The summed E-state index contributed by atoms with van der Waals surface area (Å²) < 4.78 is 0. The lowest BCUT2D eigenvalue weighted by molar-refractivity contribution is 0.0992. The molecule has 5 heteroatoms. The zero-order valence-corrected chi connectivity index (χ0v) is 12.3. The van der Waals surface area contributed by atoms with Crippen molar-refractivity contribution in [1.82, 2.24) is 9.97 Å². The van der Waals surface area contributed by atoms with Gasteiger partial charge >= 0.3 is 0 Å². The number of anilines is 2. The molecule has 1 aliphatic heterocycles. The van der Waals surface area contributed by atoms with Crippen LogP contribution in [-0.2, 0) is 0 Å². The van der Waals surface area contributed by atoms with Crippen LogP contribution in [0.15, 0.2) is 73.2 Å². The van der Waals surface area contributed by atoms with Gasteiger partial charge in [0.05, 0.1) is 5.69 Å². The van der Waals surface area contributed by atoms with E-state index in [1.165, 1.54) is 0 Å². The van der Waals surface area contributed by atoms with Crippen LogP contribution < -0.4 is 10.2 Å². The van der Waals surface area contributed by atoms with Crippen LogP contribution in [0.2, 0.25) is 0 Å². The van der Waals surface area contributed by atoms with Crippen LogP contribution >= 0.6 is 0 Å². The topological polar surface area (TPSA) is 58.1 Å². The summed E-state index contributed by atoms with van der Waals surface area (Å²) >= 11 is 0. The van der Waals surface area contributed by atoms with E-state index in [4.69, 9.17) is 0 Å². The number of hydrogen-bond acceptors (Lipinski definition) is 4. The number of hydrogen-bond donors (Lipinski definition) is 1. The van der Waals surface area contributed by atoms with Gasteiger partial charge in [-0.05, 0) is 30.3 Å². The highest BCUT2D eigenvalue weighted by Gasteiger charge is 2.38. The Balaban J connectivity index is 1.79. The largest absolute Gasteiger partial charge is 0.360 e. The van der Waals surface area contributed by atoms with Crippen LogP contribution in [0, 0.1) is 0 Å². The number of benzene rings is 1. The van der Waals surface area contributed by atoms with Crippen LogP contribution in [0.25, 0.3) is 0 Å². The molecule has 1 aliphatic rings. The number of amides is 1. The number of rotatable bonds is 3. The molecule has 3 heterocycles. The summed E-state index contributed by atoms with van der Waals surface area (Å²) in [7, 11) is 0. The maximum Gasteiger partial charge on any atom is 0.261 e. The van der Waals surface area contributed by atoms with Crippen molar-refractivity contribution in [2.24, 2.45) is 0 Å². The molecule has 4 rings (SSSR count). The van der Waals surface area contributed by atoms with Gasteiger partial charge in [-0.3, -0.25) is 14.7 Å². The summed E-state index contributed by atoms with van der Waals surface area (Å²) in [5, 5.41) is 3.38. The van der Waals surface area contributed by atoms with E-state index in [1.54, 1.807) is 23.5 Å². The Morgan fingerprint density at radius 2 is 1.83 bits per heavy atom. The molecule has 0 bridgehead atoms. The molecule has 0 fully saturated rings. The molecule has 0 aliphatic carbocycles. The summed E-state index contributed by atoms with van der Waals surface area (Å²) in [6, 6.07) is 16.9. The third-order valence-corrected chi connectivity index (χ3v) is 3.82. The number of fused-ring (bicyclic) bond motifs is 1. The van der Waals surface area contributed by atoms with Crippen LogP contribution in [0.1, 0.15) is 22.1 Å². The molecule has 0 spiro atoms. The first-order valence-electron chi connectivity index (χ1n) is 7.35. The first-order chi connectivity index (χ1) is 11.3. The van der Waals surface area contributed by atoms with Crippen molar-refractivity contribution in [3.8, 4) is 0 Å². The van der Waals surface area contributed by atoms with Gasteiger partial charge in [0.2, 0.25) is 0 Å². The lowest BCUT2D eigenvalue weighted by atomic mass is 10.1. The second-order valence-corrected chi connectivity index (χ2v) is 5.24. The van der Waals surface area contributed by atoms with Crippen LogP contribution in [0.5, 0.6) is 0 Å². The maximum absolute atomic E-state index is 12.8. The summed E-state index contributed by atoms with van der Waals surface area (Å²) in [5.74, 6) is 0.566. The molecule has 1 N–H and O–H groups in total. The molecule has 23 heavy (non-hydrogen) atoms. The molecule has 112 valence electrons. The monoisotopic (exact) mass is 302 g/mol. The van der Waals surface area contributed by atoms with E-state index in [-0.39, 0.29) is 12.1 Å². The Hall–Kier alpha value is -3.21. The van der Waals surface area contributed by atoms with Crippen LogP contribution in [-0.4, -0.2) is 15.9 Å². The van der Waals surface area contributed by atoms with E-state index < -0.39 is 0 Å². The molecule has 1 aromatic carbocycles. The molecular formula is C18H14N4O. The SMILES string of the molecule is O=C1c2ccccc2C(Nc2cccnc2)N1c1ccccn1. The number of nitrogens with one attached hydrogen (secondary N) is 1. The van der Waals surface area contributed by atoms with Gasteiger partial charge in [-0.2, -0.15) is 0 Å². The van der Waals surface area contributed by atoms with Crippen molar-refractivity contribution in [2.45, 2.75) is 6.17 Å². The fraction of sp³-hybridized carbons (Fsp3) is 0.0556. The fourth-order valence-corrected chi connectivity index (χ4v) is 2.80. The zero-order valence-electron chi connectivity index (χ0n) is 12.3. The van der Waals surface area contributed by atoms with Crippen LogP contribution in [0.3, 0.4) is 0 Å². The quantitative estimate of drug-likeness (QED) is 0.807. The van der Waals surface area contributed by atoms with Crippen molar-refractivity contribution >= 4 is 17.4 Å². The van der Waals surface area contributed by atoms with Gasteiger partial charge in [-0.25, -0.2) is 4.98 Å². The minimum absolute atomic E-state index is 0.0549. The van der Waals surface area contributed by atoms with Crippen molar-refractivity contribution in [3.05, 3.63) is 84.3 Å². The lowest BCUT2D eigenvalue weighted by Crippen LogP contribution is -2.32. The molecule has 2 aromatic heterocycles. The molecule has 0 saturated carbocycles. The molecule has 5 nitrogen and oxygen atoms in total. The number of pyridine rings is 2. The van der Waals surface area contributed by atoms with E-state index in [0.29, 0.717) is 11.4 Å². The van der Waals surface area contributed by atoms with E-state index in [1.807, 2.05) is 54.6 Å². The first kappa shape index (κ1) is 13.5. The molecule has 1 atom stereocenters. The highest BCUT2D eigenvalue weighted by atomic mass is 16.2. The number of nitrogens with zero attached hydrogens (tertiary/aromatic N) is 3. The minimum Gasteiger partial charge on any atom is -0.360 e. The fourth-order valence-electron chi connectivity index (χ4n) is 2.80. The van der Waals surface area contributed by atoms with Crippen molar-refractivity contribution in [2.75, 3.05) is 10.2 Å². The Labute approximate surface area is 133 Å². The summed E-state index contributed by atoms with van der Waals surface area (Å²) in [4.78, 5) is 23.0. The summed E-state index contributed by atoms with van der Waals surface area (Å²) in [6.45, 7) is 0. The Kier molecular flexibility index (Phi) is 3.24. The van der Waals surface area contributed by atoms with E-state index in [9.17, 15) is 4.79 Å². The maximum atomic E-state index is 12.8. The summed E-state index contributed by atoms with van der Waals surface area (Å²) in [5.41, 5.74) is 2.48. The lowest BCUT2D eigenvalue weighted by Gasteiger charge is -2.26. The molecule has 0 saturated heterocycles. The van der Waals surface area contributed by atoms with E-state index >= 15 is 0 Å². The Bertz CT molecular complexity index is 836. The first-order valence-corrected chi connectivity index (χ1v) is 7.35. The second kappa shape index (κ2) is 5.53. The second-order valence-electron chi connectivity index (χ2n) is 5.24. The number of carbonyl (C=O) groups excluding carboxylic acids is 1. The normalized spacial score (nSPS) is 16.3. The third-order valence-electron chi connectivity index (χ3n) is 3.82. The smallest absolute Gasteiger partial charge is 0.261 e. The van der Waals surface area contributed by atoms with Gasteiger partial charge in [0.1, 0.15) is 12.0 Å². The van der Waals surface area contributed by atoms with Gasteiger partial charge in [0, 0.05) is 29.7 Å². The predicted molar refractivity (Wildman–Crippen MR) is 88.1 cm³/mol. The van der Waals surface area contributed by atoms with Crippen molar-refractivity contribution in [1.29, 1.82) is 0 Å². The van der Waals surface area contributed by atoms with Gasteiger partial charge in [0.15, 0.2) is 0 Å².